The standard InChI is InChI=1S/C19H15BrF2N4S/c1-3-15-18(26-9-13(20)14(22)8-17(26)23-15)25(2)19-24-16(10-27-19)11-4-6-12(21)7-5-11/h4-10H,3H2,1-2H3. The number of aromatic nitrogens is 3. The first-order valence-electron chi connectivity index (χ1n) is 8.29. The number of hydrogen-bond acceptors (Lipinski definition) is 4. The van der Waals surface area contributed by atoms with Crippen molar-refractivity contribution in [2.75, 3.05) is 11.9 Å². The first kappa shape index (κ1) is 18.1. The van der Waals surface area contributed by atoms with Gasteiger partial charge in [-0.1, -0.05) is 6.92 Å². The number of thiazole rings is 1. The highest BCUT2D eigenvalue weighted by Crippen LogP contribution is 2.34. The molecule has 27 heavy (non-hydrogen) atoms. The van der Waals surface area contributed by atoms with E-state index in [0.717, 1.165) is 27.9 Å². The van der Waals surface area contributed by atoms with E-state index in [0.29, 0.717) is 16.5 Å². The van der Waals surface area contributed by atoms with E-state index in [9.17, 15) is 8.78 Å². The first-order chi connectivity index (χ1) is 13.0. The Morgan fingerprint density at radius 1 is 1.19 bits per heavy atom. The molecule has 0 unspecified atom stereocenters. The molecular weight excluding hydrogens is 434 g/mol. The van der Waals surface area contributed by atoms with E-state index in [2.05, 4.69) is 25.9 Å². The van der Waals surface area contributed by atoms with Gasteiger partial charge in [-0.25, -0.2) is 18.7 Å². The normalized spacial score (nSPS) is 11.3. The van der Waals surface area contributed by atoms with Crippen molar-refractivity contribution < 1.29 is 8.78 Å². The zero-order valence-electron chi connectivity index (χ0n) is 14.6. The van der Waals surface area contributed by atoms with E-state index < -0.39 is 0 Å². The molecule has 0 spiro atoms. The van der Waals surface area contributed by atoms with Crippen molar-refractivity contribution in [1.82, 2.24) is 14.4 Å². The predicted molar refractivity (Wildman–Crippen MR) is 108 cm³/mol. The maximum absolute atomic E-state index is 13.9. The Morgan fingerprint density at radius 3 is 2.63 bits per heavy atom. The van der Waals surface area contributed by atoms with Crippen molar-refractivity contribution in [3.05, 3.63) is 63.7 Å². The van der Waals surface area contributed by atoms with Crippen LogP contribution in [0.1, 0.15) is 12.6 Å². The number of hydrogen-bond donors (Lipinski definition) is 0. The lowest BCUT2D eigenvalue weighted by Crippen LogP contribution is -2.13. The van der Waals surface area contributed by atoms with Gasteiger partial charge in [0.15, 0.2) is 5.13 Å². The minimum Gasteiger partial charge on any atom is -0.305 e. The molecule has 1 aromatic carbocycles. The van der Waals surface area contributed by atoms with Gasteiger partial charge in [0, 0.05) is 30.3 Å². The highest BCUT2D eigenvalue weighted by atomic mass is 79.9. The van der Waals surface area contributed by atoms with Crippen LogP contribution in [0.4, 0.5) is 19.7 Å². The van der Waals surface area contributed by atoms with E-state index in [-0.39, 0.29) is 11.6 Å². The number of nitrogens with zero attached hydrogens (tertiary/aromatic N) is 4. The topological polar surface area (TPSA) is 33.4 Å². The molecule has 0 amide bonds. The quantitative estimate of drug-likeness (QED) is 0.393. The Labute approximate surface area is 167 Å². The number of aryl methyl sites for hydroxylation is 1. The summed E-state index contributed by atoms with van der Waals surface area (Å²) in [7, 11) is 1.91. The fraction of sp³-hybridized carbons (Fsp3) is 0.158. The molecule has 0 aliphatic rings. The zero-order chi connectivity index (χ0) is 19.1. The molecule has 0 aliphatic carbocycles. The van der Waals surface area contributed by atoms with Gasteiger partial charge in [-0.05, 0) is 46.6 Å². The summed E-state index contributed by atoms with van der Waals surface area (Å²) in [5, 5.41) is 2.70. The summed E-state index contributed by atoms with van der Waals surface area (Å²) in [6, 6.07) is 7.67. The lowest BCUT2D eigenvalue weighted by molar-refractivity contribution is 0.619. The molecule has 0 N–H and O–H groups in total. The Bertz CT molecular complexity index is 1120. The number of pyridine rings is 1. The monoisotopic (exact) mass is 448 g/mol. The summed E-state index contributed by atoms with van der Waals surface area (Å²) in [4.78, 5) is 11.2. The fourth-order valence-electron chi connectivity index (χ4n) is 2.93. The van der Waals surface area contributed by atoms with E-state index in [4.69, 9.17) is 0 Å². The van der Waals surface area contributed by atoms with Gasteiger partial charge >= 0.3 is 0 Å². The molecule has 138 valence electrons. The molecule has 3 aromatic heterocycles. The first-order valence-corrected chi connectivity index (χ1v) is 9.96. The van der Waals surface area contributed by atoms with Crippen molar-refractivity contribution in [3.63, 3.8) is 0 Å². The van der Waals surface area contributed by atoms with Gasteiger partial charge in [0.2, 0.25) is 0 Å². The van der Waals surface area contributed by atoms with Gasteiger partial charge in [-0.2, -0.15) is 0 Å². The molecule has 8 heteroatoms. The number of anilines is 2. The average molecular weight is 449 g/mol. The number of imidazole rings is 1. The minimum atomic E-state index is -0.350. The largest absolute Gasteiger partial charge is 0.305 e. The van der Waals surface area contributed by atoms with Crippen molar-refractivity contribution in [2.24, 2.45) is 0 Å². The van der Waals surface area contributed by atoms with Crippen LogP contribution in [0.15, 0.2) is 46.4 Å². The average Bonchev–Trinajstić information content (AvgIpc) is 3.27. The van der Waals surface area contributed by atoms with E-state index in [1.165, 1.54) is 29.5 Å². The Kier molecular flexibility index (Phi) is 4.69. The Hall–Kier alpha value is -2.32. The van der Waals surface area contributed by atoms with Crippen LogP contribution in [0, 0.1) is 11.6 Å². The SMILES string of the molecule is CCc1nc2cc(F)c(Br)cn2c1N(C)c1nc(-c2ccc(F)cc2)cs1. The fourth-order valence-corrected chi connectivity index (χ4v) is 4.05. The van der Waals surface area contributed by atoms with Gasteiger partial charge in [0.05, 0.1) is 15.9 Å². The summed E-state index contributed by atoms with van der Waals surface area (Å²) in [5.74, 6) is 0.216. The Balaban J connectivity index is 1.78. The summed E-state index contributed by atoms with van der Waals surface area (Å²) < 4.78 is 29.3. The highest BCUT2D eigenvalue weighted by molar-refractivity contribution is 9.10. The molecule has 4 nitrogen and oxygen atoms in total. The molecule has 3 heterocycles. The van der Waals surface area contributed by atoms with Crippen LogP contribution in [-0.2, 0) is 6.42 Å². The third-order valence-electron chi connectivity index (χ3n) is 4.28. The van der Waals surface area contributed by atoms with Gasteiger partial charge in [-0.15, -0.1) is 11.3 Å². The molecule has 4 aromatic rings. The van der Waals surface area contributed by atoms with E-state index in [1.807, 2.05) is 28.7 Å². The zero-order valence-corrected chi connectivity index (χ0v) is 17.0. The third kappa shape index (κ3) is 3.23. The van der Waals surface area contributed by atoms with Crippen LogP contribution in [-0.4, -0.2) is 21.4 Å². The maximum atomic E-state index is 13.9. The van der Waals surface area contributed by atoms with E-state index >= 15 is 0 Å². The van der Waals surface area contributed by atoms with Crippen molar-refractivity contribution in [3.8, 4) is 11.3 Å². The number of benzene rings is 1. The lowest BCUT2D eigenvalue weighted by atomic mass is 10.2. The van der Waals surface area contributed by atoms with Crippen LogP contribution in [0.5, 0.6) is 0 Å². The summed E-state index contributed by atoms with van der Waals surface area (Å²) >= 11 is 4.73. The third-order valence-corrected chi connectivity index (χ3v) is 5.78. The molecule has 0 atom stereocenters. The minimum absolute atomic E-state index is 0.276. The molecule has 0 radical (unpaired) electrons. The summed E-state index contributed by atoms with van der Waals surface area (Å²) in [5.41, 5.74) is 3.03. The molecular formula is C19H15BrF2N4S. The second kappa shape index (κ2) is 7.01. The Morgan fingerprint density at radius 2 is 1.93 bits per heavy atom. The number of fused-ring (bicyclic) bond motifs is 1. The van der Waals surface area contributed by atoms with E-state index in [1.54, 1.807) is 18.3 Å². The van der Waals surface area contributed by atoms with Crippen LogP contribution in [0.3, 0.4) is 0 Å². The van der Waals surface area contributed by atoms with Gasteiger partial charge in [0.25, 0.3) is 0 Å². The van der Waals surface area contributed by atoms with Gasteiger partial charge in [0.1, 0.15) is 23.1 Å². The predicted octanol–water partition coefficient (Wildman–Crippen LogP) is 5.83. The molecule has 0 aliphatic heterocycles. The second-order valence-corrected chi connectivity index (χ2v) is 7.71. The molecule has 0 bridgehead atoms. The van der Waals surface area contributed by atoms with Crippen LogP contribution in [0.2, 0.25) is 0 Å². The number of halogens is 3. The highest BCUT2D eigenvalue weighted by Gasteiger charge is 2.20. The van der Waals surface area contributed by atoms with Crippen molar-refractivity contribution in [2.45, 2.75) is 13.3 Å². The summed E-state index contributed by atoms with van der Waals surface area (Å²) in [6.45, 7) is 2.01. The lowest BCUT2D eigenvalue weighted by Gasteiger charge is -2.17. The number of rotatable bonds is 4. The van der Waals surface area contributed by atoms with Crippen LogP contribution in [0.25, 0.3) is 16.9 Å². The summed E-state index contributed by atoms with van der Waals surface area (Å²) in [6.07, 6.45) is 2.38. The molecule has 0 saturated heterocycles. The molecule has 0 fully saturated rings. The van der Waals surface area contributed by atoms with Crippen LogP contribution >= 0.6 is 27.3 Å². The second-order valence-electron chi connectivity index (χ2n) is 6.01. The maximum Gasteiger partial charge on any atom is 0.191 e. The molecule has 4 rings (SSSR count). The van der Waals surface area contributed by atoms with Crippen molar-refractivity contribution >= 4 is 43.9 Å². The van der Waals surface area contributed by atoms with Crippen LogP contribution < -0.4 is 4.90 Å². The molecule has 0 saturated carbocycles. The van der Waals surface area contributed by atoms with Crippen molar-refractivity contribution in [1.29, 1.82) is 0 Å². The van der Waals surface area contributed by atoms with Gasteiger partial charge in [-0.3, -0.25) is 4.40 Å². The van der Waals surface area contributed by atoms with Gasteiger partial charge < -0.3 is 4.90 Å². The smallest absolute Gasteiger partial charge is 0.191 e.